The highest BCUT2D eigenvalue weighted by Gasteiger charge is 2.14. The van der Waals surface area contributed by atoms with Crippen LogP contribution in [0.15, 0.2) is 48.5 Å². The van der Waals surface area contributed by atoms with Crippen LogP contribution in [0.4, 0.5) is 11.4 Å². The van der Waals surface area contributed by atoms with Crippen molar-refractivity contribution in [1.29, 1.82) is 0 Å². The lowest BCUT2D eigenvalue weighted by atomic mass is 10.1. The number of benzene rings is 2. The van der Waals surface area contributed by atoms with Gasteiger partial charge in [-0.2, -0.15) is 0 Å². The highest BCUT2D eigenvalue weighted by Crippen LogP contribution is 2.16. The average molecular weight is 408 g/mol. The highest BCUT2D eigenvalue weighted by molar-refractivity contribution is 7.13. The number of rotatable bonds is 7. The number of hydrogen-bond donors (Lipinski definition) is 2. The minimum Gasteiger partial charge on any atom is -0.326 e. The van der Waals surface area contributed by atoms with Crippen LogP contribution in [0.1, 0.15) is 44.1 Å². The molecular formula is C21H20N4O3S. The Labute approximate surface area is 172 Å². The molecule has 0 unspecified atom stereocenters. The number of carbonyl (C=O) groups is 3. The zero-order valence-electron chi connectivity index (χ0n) is 16.1. The quantitative estimate of drug-likeness (QED) is 0.578. The van der Waals surface area contributed by atoms with Gasteiger partial charge in [0.2, 0.25) is 10.9 Å². The summed E-state index contributed by atoms with van der Waals surface area (Å²) in [5.41, 5.74) is 2.84. The number of nitrogens with one attached hydrogen (secondary N) is 2. The molecule has 1 heterocycles. The van der Waals surface area contributed by atoms with E-state index in [0.717, 1.165) is 16.9 Å². The molecule has 29 heavy (non-hydrogen) atoms. The average Bonchev–Trinajstić information content (AvgIpc) is 3.16. The second-order valence-corrected chi connectivity index (χ2v) is 7.57. The van der Waals surface area contributed by atoms with E-state index in [0.29, 0.717) is 28.4 Å². The van der Waals surface area contributed by atoms with Crippen LogP contribution in [0.25, 0.3) is 0 Å². The third-order valence-corrected chi connectivity index (χ3v) is 5.04. The Kier molecular flexibility index (Phi) is 6.46. The van der Waals surface area contributed by atoms with Gasteiger partial charge in [-0.05, 0) is 43.7 Å². The van der Waals surface area contributed by atoms with Crippen LogP contribution in [-0.2, 0) is 11.2 Å². The molecule has 0 atom stereocenters. The molecule has 0 aliphatic carbocycles. The summed E-state index contributed by atoms with van der Waals surface area (Å²) in [6.07, 6.45) is 0.562. The van der Waals surface area contributed by atoms with Gasteiger partial charge in [0.05, 0.1) is 0 Å². The smallest absolute Gasteiger partial charge is 0.286 e. The number of aryl methyl sites for hydroxylation is 2. The molecule has 0 bridgehead atoms. The van der Waals surface area contributed by atoms with Crippen molar-refractivity contribution in [3.05, 3.63) is 69.7 Å². The number of ketones is 1. The maximum absolute atomic E-state index is 12.3. The van der Waals surface area contributed by atoms with Crippen LogP contribution in [0.3, 0.4) is 0 Å². The molecule has 0 radical (unpaired) electrons. The van der Waals surface area contributed by atoms with Crippen LogP contribution in [0.2, 0.25) is 0 Å². The molecule has 0 saturated heterocycles. The molecule has 8 heteroatoms. The van der Waals surface area contributed by atoms with Gasteiger partial charge in [-0.1, -0.05) is 35.6 Å². The summed E-state index contributed by atoms with van der Waals surface area (Å²) in [5, 5.41) is 14.3. The molecule has 0 saturated carbocycles. The number of carbonyl (C=O) groups excluding carboxylic acids is 3. The third-order valence-electron chi connectivity index (χ3n) is 4.06. The highest BCUT2D eigenvalue weighted by atomic mass is 32.1. The van der Waals surface area contributed by atoms with Crippen molar-refractivity contribution < 1.29 is 14.4 Å². The summed E-state index contributed by atoms with van der Waals surface area (Å²) in [7, 11) is 0. The zero-order chi connectivity index (χ0) is 20.8. The van der Waals surface area contributed by atoms with Crippen molar-refractivity contribution >= 4 is 40.3 Å². The van der Waals surface area contributed by atoms with Gasteiger partial charge in [-0.25, -0.2) is 0 Å². The first kappa shape index (κ1) is 20.3. The Balaban J connectivity index is 1.53. The SMILES string of the molecule is CC(=O)c1cccc(NC(=O)CCc2nnc(C(=O)Nc3cccc(C)c3)s2)c1. The fourth-order valence-electron chi connectivity index (χ4n) is 2.61. The molecule has 0 spiro atoms. The van der Waals surface area contributed by atoms with Crippen molar-refractivity contribution in [2.24, 2.45) is 0 Å². The van der Waals surface area contributed by atoms with Crippen molar-refractivity contribution in [3.63, 3.8) is 0 Å². The number of aromatic nitrogens is 2. The van der Waals surface area contributed by atoms with Gasteiger partial charge in [-0.3, -0.25) is 14.4 Å². The molecule has 2 aromatic carbocycles. The molecule has 148 valence electrons. The lowest BCUT2D eigenvalue weighted by Crippen LogP contribution is -2.12. The minimum atomic E-state index is -0.329. The fourth-order valence-corrected chi connectivity index (χ4v) is 3.35. The maximum atomic E-state index is 12.3. The number of nitrogens with zero attached hydrogens (tertiary/aromatic N) is 2. The van der Waals surface area contributed by atoms with E-state index in [9.17, 15) is 14.4 Å². The van der Waals surface area contributed by atoms with E-state index < -0.39 is 0 Å². The molecule has 0 aliphatic heterocycles. The molecule has 3 aromatic rings. The Bertz CT molecular complexity index is 1060. The van der Waals surface area contributed by atoms with Crippen molar-refractivity contribution in [3.8, 4) is 0 Å². The molecule has 0 aliphatic rings. The number of Topliss-reactive ketones (excluding diaryl/α,β-unsaturated/α-hetero) is 1. The van der Waals surface area contributed by atoms with E-state index in [1.165, 1.54) is 6.92 Å². The first-order valence-electron chi connectivity index (χ1n) is 9.02. The van der Waals surface area contributed by atoms with Crippen LogP contribution < -0.4 is 10.6 Å². The second-order valence-electron chi connectivity index (χ2n) is 6.51. The van der Waals surface area contributed by atoms with Crippen LogP contribution in [-0.4, -0.2) is 27.8 Å². The predicted octanol–water partition coefficient (Wildman–Crippen LogP) is 3.87. The van der Waals surface area contributed by atoms with E-state index in [2.05, 4.69) is 20.8 Å². The molecule has 2 amide bonds. The summed E-state index contributed by atoms with van der Waals surface area (Å²) >= 11 is 1.16. The monoisotopic (exact) mass is 408 g/mol. The fraction of sp³-hybridized carbons (Fsp3) is 0.190. The summed E-state index contributed by atoms with van der Waals surface area (Å²) < 4.78 is 0. The largest absolute Gasteiger partial charge is 0.326 e. The first-order chi connectivity index (χ1) is 13.9. The van der Waals surface area contributed by atoms with Gasteiger partial charge in [-0.15, -0.1) is 10.2 Å². The van der Waals surface area contributed by atoms with Crippen molar-refractivity contribution in [2.75, 3.05) is 10.6 Å². The Morgan fingerprint density at radius 1 is 0.966 bits per heavy atom. The van der Waals surface area contributed by atoms with Gasteiger partial charge in [0.15, 0.2) is 5.78 Å². The van der Waals surface area contributed by atoms with Gasteiger partial charge in [0.1, 0.15) is 5.01 Å². The Morgan fingerprint density at radius 3 is 2.41 bits per heavy atom. The summed E-state index contributed by atoms with van der Waals surface area (Å²) in [5.74, 6) is -0.594. The molecule has 7 nitrogen and oxygen atoms in total. The number of hydrogen-bond acceptors (Lipinski definition) is 6. The number of anilines is 2. The van der Waals surface area contributed by atoms with E-state index >= 15 is 0 Å². The Morgan fingerprint density at radius 2 is 1.69 bits per heavy atom. The predicted molar refractivity (Wildman–Crippen MR) is 112 cm³/mol. The molecule has 2 N–H and O–H groups in total. The van der Waals surface area contributed by atoms with Crippen LogP contribution in [0, 0.1) is 6.92 Å². The topological polar surface area (TPSA) is 101 Å². The van der Waals surface area contributed by atoms with Gasteiger partial charge in [0, 0.05) is 29.8 Å². The summed E-state index contributed by atoms with van der Waals surface area (Å²) in [6.45, 7) is 3.42. The molecule has 3 rings (SSSR count). The molecular weight excluding hydrogens is 388 g/mol. The van der Waals surface area contributed by atoms with Gasteiger partial charge in [0.25, 0.3) is 5.91 Å². The van der Waals surface area contributed by atoms with Crippen LogP contribution >= 0.6 is 11.3 Å². The summed E-state index contributed by atoms with van der Waals surface area (Å²) in [4.78, 5) is 35.9. The van der Waals surface area contributed by atoms with Crippen molar-refractivity contribution in [1.82, 2.24) is 10.2 Å². The van der Waals surface area contributed by atoms with E-state index in [1.807, 2.05) is 25.1 Å². The Hall–Kier alpha value is -3.39. The molecule has 0 fully saturated rings. The van der Waals surface area contributed by atoms with Crippen LogP contribution in [0.5, 0.6) is 0 Å². The van der Waals surface area contributed by atoms with Crippen molar-refractivity contribution in [2.45, 2.75) is 26.7 Å². The van der Waals surface area contributed by atoms with E-state index in [4.69, 9.17) is 0 Å². The van der Waals surface area contributed by atoms with Gasteiger partial charge >= 0.3 is 0 Å². The number of amides is 2. The standard InChI is InChI=1S/C21H20N4O3S/c1-13-5-3-7-16(11-13)23-20(28)21-25-24-19(29-21)10-9-18(27)22-17-8-4-6-15(12-17)14(2)26/h3-8,11-12H,9-10H2,1-2H3,(H,22,27)(H,23,28). The second kappa shape index (κ2) is 9.20. The van der Waals surface area contributed by atoms with E-state index in [1.54, 1.807) is 30.3 Å². The summed E-state index contributed by atoms with van der Waals surface area (Å²) in [6, 6.07) is 14.3. The van der Waals surface area contributed by atoms with E-state index in [-0.39, 0.29) is 29.0 Å². The molecule has 1 aromatic heterocycles. The minimum absolute atomic E-state index is 0.0635. The first-order valence-corrected chi connectivity index (χ1v) is 9.83. The normalized spacial score (nSPS) is 10.4. The van der Waals surface area contributed by atoms with Gasteiger partial charge < -0.3 is 10.6 Å². The lowest BCUT2D eigenvalue weighted by Gasteiger charge is -2.05. The maximum Gasteiger partial charge on any atom is 0.286 e. The lowest BCUT2D eigenvalue weighted by molar-refractivity contribution is -0.116. The zero-order valence-corrected chi connectivity index (χ0v) is 16.9. The third kappa shape index (κ3) is 5.79.